The summed E-state index contributed by atoms with van der Waals surface area (Å²) in [7, 11) is 0. The molecule has 0 N–H and O–H groups in total. The van der Waals surface area contributed by atoms with Gasteiger partial charge in [-0.15, -0.1) is 11.3 Å². The van der Waals surface area contributed by atoms with Crippen LogP contribution in [0.5, 0.6) is 0 Å². The van der Waals surface area contributed by atoms with E-state index in [0.717, 1.165) is 25.7 Å². The molecule has 25 heavy (non-hydrogen) atoms. The van der Waals surface area contributed by atoms with Gasteiger partial charge in [-0.2, -0.15) is 0 Å². The summed E-state index contributed by atoms with van der Waals surface area (Å²) in [5.74, 6) is -0.302. The molecule has 1 aliphatic rings. The molecule has 2 heterocycles. The van der Waals surface area contributed by atoms with E-state index in [9.17, 15) is 9.59 Å². The van der Waals surface area contributed by atoms with E-state index in [1.54, 1.807) is 11.3 Å². The highest BCUT2D eigenvalue weighted by Gasteiger charge is 2.40. The Labute approximate surface area is 153 Å². The van der Waals surface area contributed by atoms with Gasteiger partial charge in [-0.25, -0.2) is 9.88 Å². The fraction of sp³-hybridized carbons (Fsp3) is 0.211. The van der Waals surface area contributed by atoms with Crippen LogP contribution in [-0.4, -0.2) is 22.0 Å². The number of aryl methyl sites for hydroxylation is 2. The first kappa shape index (κ1) is 16.3. The van der Waals surface area contributed by atoms with E-state index in [4.69, 9.17) is 0 Å². The first-order chi connectivity index (χ1) is 12.0. The van der Waals surface area contributed by atoms with Crippen LogP contribution >= 0.6 is 23.1 Å². The normalized spacial score (nSPS) is 17.7. The number of para-hydroxylation sites is 1. The van der Waals surface area contributed by atoms with Crippen molar-refractivity contribution < 1.29 is 9.59 Å². The summed E-state index contributed by atoms with van der Waals surface area (Å²) in [6, 6.07) is 13.6. The van der Waals surface area contributed by atoms with Crippen molar-refractivity contribution in [1.82, 2.24) is 4.98 Å². The number of rotatable bonds is 3. The number of carbonyl (C=O) groups is 2. The SMILES string of the molecule is Cc1ccc(N2C(=O)C[C@H](Sc3nc4ccccc4s3)C2=O)cc1C. The van der Waals surface area contributed by atoms with Crippen LogP contribution in [0.25, 0.3) is 10.2 Å². The molecule has 1 aromatic heterocycles. The van der Waals surface area contributed by atoms with E-state index in [-0.39, 0.29) is 18.2 Å². The van der Waals surface area contributed by atoms with Crippen LogP contribution in [0, 0.1) is 13.8 Å². The second kappa shape index (κ2) is 6.28. The van der Waals surface area contributed by atoms with Crippen LogP contribution in [0.15, 0.2) is 46.8 Å². The van der Waals surface area contributed by atoms with E-state index in [1.807, 2.05) is 56.3 Å². The molecular weight excluding hydrogens is 352 g/mol. The standard InChI is InChI=1S/C19H16N2O2S2/c1-11-7-8-13(9-12(11)2)21-17(22)10-16(18(21)23)25-19-20-14-5-3-4-6-15(14)24-19/h3-9,16H,10H2,1-2H3/t16-/m0/s1. The monoisotopic (exact) mass is 368 g/mol. The molecule has 0 aliphatic carbocycles. The van der Waals surface area contributed by atoms with Crippen LogP contribution in [0.2, 0.25) is 0 Å². The average molecular weight is 368 g/mol. The second-order valence-electron chi connectivity index (χ2n) is 6.09. The summed E-state index contributed by atoms with van der Waals surface area (Å²) < 4.78 is 1.92. The van der Waals surface area contributed by atoms with E-state index in [1.165, 1.54) is 16.7 Å². The summed E-state index contributed by atoms with van der Waals surface area (Å²) in [6.07, 6.45) is 0.215. The van der Waals surface area contributed by atoms with Crippen molar-refractivity contribution in [3.63, 3.8) is 0 Å². The van der Waals surface area contributed by atoms with E-state index < -0.39 is 5.25 Å². The molecule has 4 rings (SSSR count). The number of thioether (sulfide) groups is 1. The Morgan fingerprint density at radius 1 is 1.12 bits per heavy atom. The number of hydrogen-bond donors (Lipinski definition) is 0. The second-order valence-corrected chi connectivity index (χ2v) is 8.57. The maximum Gasteiger partial charge on any atom is 0.247 e. The average Bonchev–Trinajstić information content (AvgIpc) is 3.11. The zero-order valence-electron chi connectivity index (χ0n) is 13.9. The lowest BCUT2D eigenvalue weighted by Gasteiger charge is -2.16. The highest BCUT2D eigenvalue weighted by Crippen LogP contribution is 2.37. The molecule has 1 fully saturated rings. The van der Waals surface area contributed by atoms with Crippen molar-refractivity contribution in [3.05, 3.63) is 53.6 Å². The molecular formula is C19H16N2O2S2. The number of amides is 2. The van der Waals surface area contributed by atoms with Gasteiger partial charge in [-0.05, 0) is 49.2 Å². The molecule has 2 amide bonds. The zero-order valence-corrected chi connectivity index (χ0v) is 15.5. The maximum atomic E-state index is 12.8. The predicted molar refractivity (Wildman–Crippen MR) is 102 cm³/mol. The fourth-order valence-corrected chi connectivity index (χ4v) is 5.19. The Kier molecular flexibility index (Phi) is 4.09. The van der Waals surface area contributed by atoms with Crippen molar-refractivity contribution in [2.75, 3.05) is 4.90 Å². The van der Waals surface area contributed by atoms with Crippen LogP contribution in [-0.2, 0) is 9.59 Å². The fourth-order valence-electron chi connectivity index (χ4n) is 2.86. The minimum absolute atomic E-state index is 0.146. The molecule has 2 aromatic carbocycles. The molecule has 3 aromatic rings. The quantitative estimate of drug-likeness (QED) is 0.646. The smallest absolute Gasteiger partial charge is 0.247 e. The predicted octanol–water partition coefficient (Wildman–Crippen LogP) is 4.34. The van der Waals surface area contributed by atoms with E-state index >= 15 is 0 Å². The molecule has 4 nitrogen and oxygen atoms in total. The Balaban J connectivity index is 1.59. The highest BCUT2D eigenvalue weighted by molar-refractivity contribution is 8.02. The molecule has 6 heteroatoms. The number of imide groups is 1. The van der Waals surface area contributed by atoms with Gasteiger partial charge in [0.1, 0.15) is 5.25 Å². The molecule has 0 spiro atoms. The Morgan fingerprint density at radius 2 is 1.92 bits per heavy atom. The Hall–Kier alpha value is -2.18. The number of thiazole rings is 1. The number of carbonyl (C=O) groups excluding carboxylic acids is 2. The summed E-state index contributed by atoms with van der Waals surface area (Å²) in [4.78, 5) is 31.1. The minimum atomic E-state index is -0.408. The van der Waals surface area contributed by atoms with Crippen LogP contribution in [0.1, 0.15) is 17.5 Å². The number of anilines is 1. The largest absolute Gasteiger partial charge is 0.274 e. The van der Waals surface area contributed by atoms with E-state index in [2.05, 4.69) is 4.98 Å². The molecule has 1 atom stereocenters. The van der Waals surface area contributed by atoms with Crippen molar-refractivity contribution in [3.8, 4) is 0 Å². The maximum absolute atomic E-state index is 12.8. The lowest BCUT2D eigenvalue weighted by molar-refractivity contribution is -0.121. The number of fused-ring (bicyclic) bond motifs is 1. The first-order valence-corrected chi connectivity index (χ1v) is 9.69. The Morgan fingerprint density at radius 3 is 2.68 bits per heavy atom. The van der Waals surface area contributed by atoms with Gasteiger partial charge in [0.25, 0.3) is 0 Å². The van der Waals surface area contributed by atoms with Crippen LogP contribution < -0.4 is 4.90 Å². The molecule has 0 bridgehead atoms. The molecule has 0 unspecified atom stereocenters. The molecule has 0 radical (unpaired) electrons. The number of aromatic nitrogens is 1. The summed E-state index contributed by atoms with van der Waals surface area (Å²) in [5, 5.41) is -0.408. The van der Waals surface area contributed by atoms with Crippen molar-refractivity contribution in [1.29, 1.82) is 0 Å². The van der Waals surface area contributed by atoms with Gasteiger partial charge in [0.15, 0.2) is 4.34 Å². The third-order valence-electron chi connectivity index (χ3n) is 4.37. The number of hydrogen-bond acceptors (Lipinski definition) is 5. The van der Waals surface area contributed by atoms with Crippen molar-refractivity contribution in [2.45, 2.75) is 29.9 Å². The first-order valence-electron chi connectivity index (χ1n) is 7.99. The minimum Gasteiger partial charge on any atom is -0.274 e. The molecule has 1 saturated heterocycles. The van der Waals surface area contributed by atoms with E-state index in [0.29, 0.717) is 5.69 Å². The van der Waals surface area contributed by atoms with Gasteiger partial charge in [0.2, 0.25) is 11.8 Å². The van der Waals surface area contributed by atoms with Crippen molar-refractivity contribution >= 4 is 50.8 Å². The summed E-state index contributed by atoms with van der Waals surface area (Å²) in [6.45, 7) is 4.00. The lowest BCUT2D eigenvalue weighted by Crippen LogP contribution is -2.31. The number of benzene rings is 2. The lowest BCUT2D eigenvalue weighted by atomic mass is 10.1. The van der Waals surface area contributed by atoms with Gasteiger partial charge in [-0.1, -0.05) is 30.0 Å². The number of nitrogens with zero attached hydrogens (tertiary/aromatic N) is 2. The Bertz CT molecular complexity index is 963. The summed E-state index contributed by atoms with van der Waals surface area (Å²) in [5.41, 5.74) is 3.80. The third kappa shape index (κ3) is 2.96. The van der Waals surface area contributed by atoms with Gasteiger partial charge in [0, 0.05) is 6.42 Å². The van der Waals surface area contributed by atoms with Gasteiger partial charge in [-0.3, -0.25) is 9.59 Å². The van der Waals surface area contributed by atoms with Crippen molar-refractivity contribution in [2.24, 2.45) is 0 Å². The van der Waals surface area contributed by atoms with Gasteiger partial charge >= 0.3 is 0 Å². The highest BCUT2D eigenvalue weighted by atomic mass is 32.2. The van der Waals surface area contributed by atoms with Crippen LogP contribution in [0.3, 0.4) is 0 Å². The summed E-state index contributed by atoms with van der Waals surface area (Å²) >= 11 is 2.95. The third-order valence-corrected chi connectivity index (χ3v) is 6.69. The molecule has 126 valence electrons. The van der Waals surface area contributed by atoms with Gasteiger partial charge in [0.05, 0.1) is 15.9 Å². The molecule has 0 saturated carbocycles. The topological polar surface area (TPSA) is 50.3 Å². The van der Waals surface area contributed by atoms with Gasteiger partial charge < -0.3 is 0 Å². The van der Waals surface area contributed by atoms with Crippen LogP contribution in [0.4, 0.5) is 5.69 Å². The zero-order chi connectivity index (χ0) is 17.6. The molecule has 1 aliphatic heterocycles.